The standard InChI is InChI=1S/C29H24O6/c30-27-25(33-18-21-10-4-1-5-11-21)16-24(29(31)32)17-26(34-19-22-12-6-2-7-13-22)28(27)35-20-23-14-8-3-9-15-23/h1-17H,18-20H2,(H,31,32). The van der Waals surface area contributed by atoms with Crippen molar-refractivity contribution in [2.45, 2.75) is 19.8 Å². The third kappa shape index (κ3) is 6.48. The van der Waals surface area contributed by atoms with E-state index in [9.17, 15) is 14.7 Å². The molecule has 176 valence electrons. The van der Waals surface area contributed by atoms with Gasteiger partial charge in [0.05, 0.1) is 5.56 Å². The van der Waals surface area contributed by atoms with Crippen LogP contribution in [0.15, 0.2) is 108 Å². The first-order valence-corrected chi connectivity index (χ1v) is 11.1. The highest BCUT2D eigenvalue weighted by molar-refractivity contribution is 5.88. The zero-order valence-corrected chi connectivity index (χ0v) is 18.9. The molecule has 0 aliphatic rings. The second-order valence-corrected chi connectivity index (χ2v) is 7.76. The number of hydrogen-bond acceptors (Lipinski definition) is 5. The van der Waals surface area contributed by atoms with E-state index in [0.29, 0.717) is 0 Å². The highest BCUT2D eigenvalue weighted by Gasteiger charge is 2.19. The summed E-state index contributed by atoms with van der Waals surface area (Å²) >= 11 is 0. The average Bonchev–Trinajstić information content (AvgIpc) is 3.03. The summed E-state index contributed by atoms with van der Waals surface area (Å²) in [6.45, 7) is 0.324. The van der Waals surface area contributed by atoms with Crippen molar-refractivity contribution in [2.24, 2.45) is 0 Å². The average molecular weight is 469 g/mol. The van der Waals surface area contributed by atoms with Crippen molar-refractivity contribution in [3.05, 3.63) is 136 Å². The number of rotatable bonds is 10. The van der Waals surface area contributed by atoms with Crippen LogP contribution in [0.1, 0.15) is 27.0 Å². The molecule has 0 saturated carbocycles. The second-order valence-electron chi connectivity index (χ2n) is 7.76. The maximum atomic E-state index is 13.5. The molecule has 0 aromatic heterocycles. The van der Waals surface area contributed by atoms with Gasteiger partial charge in [0.15, 0.2) is 11.5 Å². The Kier molecular flexibility index (Phi) is 7.76. The fraction of sp³-hybridized carbons (Fsp3) is 0.103. The molecule has 0 fully saturated rings. The van der Waals surface area contributed by atoms with Gasteiger partial charge >= 0.3 is 5.97 Å². The maximum Gasteiger partial charge on any atom is 0.335 e. The summed E-state index contributed by atoms with van der Waals surface area (Å²) in [5, 5.41) is 9.75. The highest BCUT2D eigenvalue weighted by atomic mass is 16.5. The van der Waals surface area contributed by atoms with Gasteiger partial charge in [0.2, 0.25) is 5.75 Å². The van der Waals surface area contributed by atoms with E-state index >= 15 is 0 Å². The Balaban J connectivity index is 1.73. The molecule has 6 heteroatoms. The van der Waals surface area contributed by atoms with E-state index in [4.69, 9.17) is 14.2 Å². The lowest BCUT2D eigenvalue weighted by Crippen LogP contribution is -2.11. The van der Waals surface area contributed by atoms with Crippen LogP contribution >= 0.6 is 0 Å². The summed E-state index contributed by atoms with van der Waals surface area (Å²) in [4.78, 5) is 25.4. The molecular weight excluding hydrogens is 444 g/mol. The number of hydrogen-bond donors (Lipinski definition) is 1. The zero-order chi connectivity index (χ0) is 24.5. The minimum atomic E-state index is -1.22. The van der Waals surface area contributed by atoms with E-state index in [1.54, 1.807) is 0 Å². The van der Waals surface area contributed by atoms with Crippen molar-refractivity contribution in [2.75, 3.05) is 0 Å². The molecule has 35 heavy (non-hydrogen) atoms. The van der Waals surface area contributed by atoms with Crippen molar-refractivity contribution in [3.63, 3.8) is 0 Å². The van der Waals surface area contributed by atoms with E-state index < -0.39 is 11.4 Å². The van der Waals surface area contributed by atoms with Gasteiger partial charge in [0, 0.05) is 0 Å². The van der Waals surface area contributed by atoms with Crippen molar-refractivity contribution < 1.29 is 24.1 Å². The van der Waals surface area contributed by atoms with Crippen LogP contribution in [0.5, 0.6) is 17.2 Å². The number of carboxylic acid groups (broad SMARTS) is 1. The molecule has 4 aromatic carbocycles. The Labute approximate surface area is 203 Å². The molecule has 0 saturated heterocycles. The fourth-order valence-electron chi connectivity index (χ4n) is 3.35. The Morgan fingerprint density at radius 3 is 1.46 bits per heavy atom. The van der Waals surface area contributed by atoms with E-state index in [-0.39, 0.29) is 42.6 Å². The van der Waals surface area contributed by atoms with Crippen molar-refractivity contribution >= 4 is 5.97 Å². The molecule has 0 atom stereocenters. The molecule has 0 bridgehead atoms. The number of aromatic carboxylic acids is 1. The SMILES string of the molecule is O=C(O)c1cc(OCc2ccccc2)c(OCc2ccccc2)c(=O)c(OCc2ccccc2)c1. The van der Waals surface area contributed by atoms with Gasteiger partial charge in [-0.15, -0.1) is 0 Å². The first kappa shape index (κ1) is 23.6. The quantitative estimate of drug-likeness (QED) is 0.332. The molecule has 0 aliphatic heterocycles. The summed E-state index contributed by atoms with van der Waals surface area (Å²) in [6.07, 6.45) is 0. The molecule has 4 rings (SSSR count). The van der Waals surface area contributed by atoms with Gasteiger partial charge in [-0.1, -0.05) is 91.0 Å². The van der Waals surface area contributed by atoms with Crippen molar-refractivity contribution in [1.82, 2.24) is 0 Å². The molecule has 4 aromatic rings. The van der Waals surface area contributed by atoms with Crippen LogP contribution in [0, 0.1) is 0 Å². The number of benzene rings is 3. The molecule has 6 nitrogen and oxygen atoms in total. The van der Waals surface area contributed by atoms with Crippen LogP contribution in [-0.2, 0) is 19.8 Å². The molecule has 0 radical (unpaired) electrons. The van der Waals surface area contributed by atoms with Crippen LogP contribution < -0.4 is 19.6 Å². The van der Waals surface area contributed by atoms with E-state index in [1.165, 1.54) is 12.1 Å². The fourth-order valence-corrected chi connectivity index (χ4v) is 3.35. The Morgan fingerprint density at radius 1 is 0.600 bits per heavy atom. The first-order valence-electron chi connectivity index (χ1n) is 11.1. The van der Waals surface area contributed by atoms with Gasteiger partial charge in [0.1, 0.15) is 19.8 Å². The number of carboxylic acids is 1. The lowest BCUT2D eigenvalue weighted by atomic mass is 10.2. The Hall–Kier alpha value is -4.58. The molecule has 0 amide bonds. The maximum absolute atomic E-state index is 13.5. The van der Waals surface area contributed by atoms with Crippen LogP contribution in [0.4, 0.5) is 0 Å². The van der Waals surface area contributed by atoms with Gasteiger partial charge in [0.25, 0.3) is 5.43 Å². The topological polar surface area (TPSA) is 82.1 Å². The lowest BCUT2D eigenvalue weighted by molar-refractivity contribution is 0.0696. The minimum absolute atomic E-state index is 0.0294. The van der Waals surface area contributed by atoms with E-state index in [0.717, 1.165) is 16.7 Å². The number of ether oxygens (including phenoxy) is 3. The van der Waals surface area contributed by atoms with E-state index in [2.05, 4.69) is 0 Å². The largest absolute Gasteiger partial charge is 0.485 e. The highest BCUT2D eigenvalue weighted by Crippen LogP contribution is 2.29. The van der Waals surface area contributed by atoms with Crippen LogP contribution in [-0.4, -0.2) is 11.1 Å². The molecule has 0 unspecified atom stereocenters. The molecule has 1 N–H and O–H groups in total. The molecule has 0 heterocycles. The van der Waals surface area contributed by atoms with E-state index in [1.807, 2.05) is 91.0 Å². The summed E-state index contributed by atoms with van der Waals surface area (Å²) in [5.41, 5.74) is 1.80. The Morgan fingerprint density at radius 2 is 1.00 bits per heavy atom. The molecule has 0 spiro atoms. The van der Waals surface area contributed by atoms with Crippen molar-refractivity contribution in [3.8, 4) is 17.2 Å². The summed E-state index contributed by atoms with van der Waals surface area (Å²) < 4.78 is 17.6. The number of carbonyl (C=O) groups is 1. The summed E-state index contributed by atoms with van der Waals surface area (Å²) in [7, 11) is 0. The smallest absolute Gasteiger partial charge is 0.335 e. The third-order valence-corrected chi connectivity index (χ3v) is 5.17. The van der Waals surface area contributed by atoms with Crippen LogP contribution in [0.25, 0.3) is 0 Å². The van der Waals surface area contributed by atoms with Gasteiger partial charge in [-0.05, 0) is 28.8 Å². The third-order valence-electron chi connectivity index (χ3n) is 5.17. The summed E-state index contributed by atoms with van der Waals surface area (Å²) in [5.74, 6) is -1.44. The van der Waals surface area contributed by atoms with Crippen LogP contribution in [0.3, 0.4) is 0 Å². The zero-order valence-electron chi connectivity index (χ0n) is 18.9. The van der Waals surface area contributed by atoms with Gasteiger partial charge in [-0.3, -0.25) is 4.79 Å². The van der Waals surface area contributed by atoms with Gasteiger partial charge in [-0.2, -0.15) is 0 Å². The second kappa shape index (κ2) is 11.5. The monoisotopic (exact) mass is 468 g/mol. The normalized spacial score (nSPS) is 10.4. The predicted octanol–water partition coefficient (Wildman–Crippen LogP) is 5.48. The lowest BCUT2D eigenvalue weighted by Gasteiger charge is -2.11. The molecule has 0 aliphatic carbocycles. The predicted molar refractivity (Wildman–Crippen MR) is 132 cm³/mol. The first-order chi connectivity index (χ1) is 17.1. The summed E-state index contributed by atoms with van der Waals surface area (Å²) in [6, 6.07) is 30.5. The minimum Gasteiger partial charge on any atom is -0.485 e. The van der Waals surface area contributed by atoms with Crippen molar-refractivity contribution in [1.29, 1.82) is 0 Å². The Bertz CT molecular complexity index is 1320. The van der Waals surface area contributed by atoms with Crippen LogP contribution in [0.2, 0.25) is 0 Å². The molecular formula is C29H24O6. The van der Waals surface area contributed by atoms with Gasteiger partial charge < -0.3 is 19.3 Å². The van der Waals surface area contributed by atoms with Gasteiger partial charge in [-0.25, -0.2) is 4.79 Å².